The molecule has 3 aromatic rings. The van der Waals surface area contributed by atoms with Crippen molar-refractivity contribution in [3.05, 3.63) is 51.8 Å². The first-order chi connectivity index (χ1) is 11.8. The molecule has 130 valence electrons. The van der Waals surface area contributed by atoms with Gasteiger partial charge in [-0.3, -0.25) is 0 Å². The van der Waals surface area contributed by atoms with Gasteiger partial charge in [0, 0.05) is 27.7 Å². The first-order valence-electron chi connectivity index (χ1n) is 7.03. The Labute approximate surface area is 156 Å². The highest BCUT2D eigenvalue weighted by Gasteiger charge is 2.19. The largest absolute Gasteiger partial charge is 0.483 e. The van der Waals surface area contributed by atoms with Crippen molar-refractivity contribution < 1.29 is 18.7 Å². The minimum atomic E-state index is -0.988. The lowest BCUT2D eigenvalue weighted by atomic mass is 10.1. The standard InChI is InChI=1S/C16H11Cl2FN2O3S/c1-7(14-8(17)3-2-4-9(14)18)23-12-6-13-11(5-10(12)19)21-16(25-13)24-15(20)22/h2-7H,1H3,(H2,20,22). The molecule has 1 heterocycles. The summed E-state index contributed by atoms with van der Waals surface area (Å²) in [6.07, 6.45) is -1.57. The molecular formula is C16H11Cl2FN2O3S. The van der Waals surface area contributed by atoms with Crippen molar-refractivity contribution in [1.29, 1.82) is 0 Å². The molecule has 9 heteroatoms. The number of nitrogens with two attached hydrogens (primary N) is 1. The Balaban J connectivity index is 1.93. The molecule has 0 saturated heterocycles. The van der Waals surface area contributed by atoms with Crippen LogP contribution >= 0.6 is 34.5 Å². The minimum absolute atomic E-state index is 0.00487. The van der Waals surface area contributed by atoms with Gasteiger partial charge >= 0.3 is 6.09 Å². The zero-order chi connectivity index (χ0) is 18.1. The first-order valence-corrected chi connectivity index (χ1v) is 8.60. The monoisotopic (exact) mass is 400 g/mol. The Bertz CT molecular complexity index is 944. The highest BCUT2D eigenvalue weighted by molar-refractivity contribution is 7.20. The number of halogens is 3. The van der Waals surface area contributed by atoms with Crippen LogP contribution in [0.15, 0.2) is 30.3 Å². The molecule has 25 heavy (non-hydrogen) atoms. The minimum Gasteiger partial charge on any atom is -0.483 e. The van der Waals surface area contributed by atoms with E-state index >= 15 is 0 Å². The van der Waals surface area contributed by atoms with Crippen LogP contribution in [0.5, 0.6) is 10.9 Å². The Hall–Kier alpha value is -2.09. The van der Waals surface area contributed by atoms with Gasteiger partial charge in [0.2, 0.25) is 0 Å². The molecule has 3 rings (SSSR count). The van der Waals surface area contributed by atoms with Gasteiger partial charge in [-0.05, 0) is 19.1 Å². The van der Waals surface area contributed by atoms with Crippen LogP contribution in [0.25, 0.3) is 10.2 Å². The van der Waals surface area contributed by atoms with Gasteiger partial charge in [0.1, 0.15) is 6.10 Å². The fraction of sp³-hybridized carbons (Fsp3) is 0.125. The highest BCUT2D eigenvalue weighted by atomic mass is 35.5. The molecule has 0 aliphatic carbocycles. The molecule has 0 aliphatic rings. The third kappa shape index (κ3) is 3.78. The Morgan fingerprint density at radius 3 is 2.64 bits per heavy atom. The van der Waals surface area contributed by atoms with Crippen LogP contribution in [0.1, 0.15) is 18.6 Å². The number of primary amides is 1. The number of ether oxygens (including phenoxy) is 2. The van der Waals surface area contributed by atoms with E-state index in [2.05, 4.69) is 4.98 Å². The number of thiazole rings is 1. The maximum absolute atomic E-state index is 14.3. The van der Waals surface area contributed by atoms with Crippen LogP contribution in [0.2, 0.25) is 10.0 Å². The van der Waals surface area contributed by atoms with E-state index in [4.69, 9.17) is 38.4 Å². The number of rotatable bonds is 4. The summed E-state index contributed by atoms with van der Waals surface area (Å²) in [5.74, 6) is -0.608. The van der Waals surface area contributed by atoms with E-state index < -0.39 is 18.0 Å². The van der Waals surface area contributed by atoms with E-state index in [0.29, 0.717) is 25.8 Å². The number of aromatic nitrogens is 1. The second-order valence-electron chi connectivity index (χ2n) is 5.05. The molecule has 0 spiro atoms. The third-order valence-electron chi connectivity index (χ3n) is 3.32. The van der Waals surface area contributed by atoms with Gasteiger partial charge in [0.25, 0.3) is 5.19 Å². The van der Waals surface area contributed by atoms with Gasteiger partial charge in [-0.1, -0.05) is 40.6 Å². The number of nitrogens with zero attached hydrogens (tertiary/aromatic N) is 1. The summed E-state index contributed by atoms with van der Waals surface area (Å²) in [7, 11) is 0. The molecule has 1 amide bonds. The van der Waals surface area contributed by atoms with Crippen LogP contribution < -0.4 is 15.2 Å². The summed E-state index contributed by atoms with van der Waals surface area (Å²) in [5.41, 5.74) is 5.84. The number of carbonyl (C=O) groups excluding carboxylic acids is 1. The van der Waals surface area contributed by atoms with Gasteiger partial charge in [-0.15, -0.1) is 0 Å². The zero-order valence-corrected chi connectivity index (χ0v) is 15.1. The molecule has 1 unspecified atom stereocenters. The molecule has 0 saturated carbocycles. The molecule has 1 aromatic heterocycles. The molecule has 2 N–H and O–H groups in total. The summed E-state index contributed by atoms with van der Waals surface area (Å²) in [4.78, 5) is 14.8. The summed E-state index contributed by atoms with van der Waals surface area (Å²) in [5, 5.41) is 0.883. The summed E-state index contributed by atoms with van der Waals surface area (Å²) in [6.45, 7) is 1.71. The van der Waals surface area contributed by atoms with E-state index in [0.717, 1.165) is 11.3 Å². The van der Waals surface area contributed by atoms with Crippen molar-refractivity contribution in [3.63, 3.8) is 0 Å². The number of amides is 1. The molecule has 5 nitrogen and oxygen atoms in total. The lowest BCUT2D eigenvalue weighted by Crippen LogP contribution is -2.15. The van der Waals surface area contributed by atoms with Crippen LogP contribution in [0, 0.1) is 5.82 Å². The van der Waals surface area contributed by atoms with Gasteiger partial charge in [-0.25, -0.2) is 14.2 Å². The van der Waals surface area contributed by atoms with E-state index in [1.807, 2.05) is 0 Å². The van der Waals surface area contributed by atoms with Crippen molar-refractivity contribution in [2.24, 2.45) is 5.73 Å². The predicted molar refractivity (Wildman–Crippen MR) is 95.3 cm³/mol. The average molecular weight is 401 g/mol. The molecule has 1 atom stereocenters. The van der Waals surface area contributed by atoms with Gasteiger partial charge in [-0.2, -0.15) is 0 Å². The van der Waals surface area contributed by atoms with Crippen molar-refractivity contribution >= 4 is 50.8 Å². The fourth-order valence-corrected chi connectivity index (χ4v) is 3.81. The van der Waals surface area contributed by atoms with Gasteiger partial charge < -0.3 is 15.2 Å². The maximum Gasteiger partial charge on any atom is 0.411 e. The van der Waals surface area contributed by atoms with Crippen molar-refractivity contribution in [1.82, 2.24) is 4.98 Å². The van der Waals surface area contributed by atoms with Crippen molar-refractivity contribution in [3.8, 4) is 10.9 Å². The van der Waals surface area contributed by atoms with Gasteiger partial charge in [0.05, 0.1) is 10.2 Å². The SMILES string of the molecule is CC(Oc1cc2sc(OC(N)=O)nc2cc1F)c1c(Cl)cccc1Cl. The topological polar surface area (TPSA) is 74.4 Å². The zero-order valence-electron chi connectivity index (χ0n) is 12.8. The van der Waals surface area contributed by atoms with Crippen LogP contribution in [0.4, 0.5) is 9.18 Å². The van der Waals surface area contributed by atoms with Crippen molar-refractivity contribution in [2.45, 2.75) is 13.0 Å². The number of hydrogen-bond donors (Lipinski definition) is 1. The summed E-state index contributed by atoms with van der Waals surface area (Å²) >= 11 is 13.3. The summed E-state index contributed by atoms with van der Waals surface area (Å²) in [6, 6.07) is 7.73. The second-order valence-corrected chi connectivity index (χ2v) is 6.85. The average Bonchev–Trinajstić information content (AvgIpc) is 2.87. The maximum atomic E-state index is 14.3. The smallest absolute Gasteiger partial charge is 0.411 e. The van der Waals surface area contributed by atoms with E-state index in [1.54, 1.807) is 25.1 Å². The molecule has 0 aliphatic heterocycles. The quantitative estimate of drug-likeness (QED) is 0.641. The Morgan fingerprint density at radius 1 is 1.32 bits per heavy atom. The molecule has 0 radical (unpaired) electrons. The highest BCUT2D eigenvalue weighted by Crippen LogP contribution is 2.37. The molecule has 0 bridgehead atoms. The fourth-order valence-electron chi connectivity index (χ4n) is 2.28. The molecular weight excluding hydrogens is 390 g/mol. The molecule has 2 aromatic carbocycles. The van der Waals surface area contributed by atoms with E-state index in [9.17, 15) is 9.18 Å². The van der Waals surface area contributed by atoms with Crippen molar-refractivity contribution in [2.75, 3.05) is 0 Å². The number of hydrogen-bond acceptors (Lipinski definition) is 5. The second kappa shape index (κ2) is 7.03. The first kappa shape index (κ1) is 17.7. The summed E-state index contributed by atoms with van der Waals surface area (Å²) < 4.78 is 25.3. The van der Waals surface area contributed by atoms with Crippen LogP contribution in [-0.4, -0.2) is 11.1 Å². The Morgan fingerprint density at radius 2 is 2.00 bits per heavy atom. The van der Waals surface area contributed by atoms with E-state index in [1.165, 1.54) is 12.1 Å². The number of carbonyl (C=O) groups is 1. The third-order valence-corrected chi connectivity index (χ3v) is 4.88. The number of benzene rings is 2. The lowest BCUT2D eigenvalue weighted by molar-refractivity contribution is 0.210. The predicted octanol–water partition coefficient (Wildman–Crippen LogP) is 5.34. The van der Waals surface area contributed by atoms with Gasteiger partial charge in [0.15, 0.2) is 11.6 Å². The number of fused-ring (bicyclic) bond motifs is 1. The Kier molecular flexibility index (Phi) is 4.99. The van der Waals surface area contributed by atoms with Crippen LogP contribution in [-0.2, 0) is 0 Å². The molecule has 0 fully saturated rings. The van der Waals surface area contributed by atoms with Crippen LogP contribution in [0.3, 0.4) is 0 Å². The lowest BCUT2D eigenvalue weighted by Gasteiger charge is -2.18. The normalized spacial score (nSPS) is 12.2. The van der Waals surface area contributed by atoms with E-state index in [-0.39, 0.29) is 10.9 Å².